The highest BCUT2D eigenvalue weighted by molar-refractivity contribution is 4.88. The number of nitriles is 1. The molecule has 0 aromatic carbocycles. The lowest BCUT2D eigenvalue weighted by atomic mass is 9.87. The van der Waals surface area contributed by atoms with Crippen molar-refractivity contribution >= 4 is 0 Å². The van der Waals surface area contributed by atoms with Gasteiger partial charge in [0.05, 0.1) is 6.07 Å². The van der Waals surface area contributed by atoms with Crippen LogP contribution in [-0.2, 0) is 0 Å². The number of nitrogens with one attached hydrogen (secondary N) is 1. The first kappa shape index (κ1) is 7.56. The van der Waals surface area contributed by atoms with Crippen LogP contribution in [0.5, 0.6) is 0 Å². The van der Waals surface area contributed by atoms with Gasteiger partial charge >= 0.3 is 0 Å². The topological polar surface area (TPSA) is 35.8 Å². The Bertz CT molecular complexity index is 129. The lowest BCUT2D eigenvalue weighted by molar-refractivity contribution is 0.347. The van der Waals surface area contributed by atoms with Crippen molar-refractivity contribution in [3.63, 3.8) is 0 Å². The molecule has 0 atom stereocenters. The minimum atomic E-state index is 0.338. The fourth-order valence-corrected chi connectivity index (χ4v) is 1.51. The van der Waals surface area contributed by atoms with Crippen molar-refractivity contribution in [2.75, 3.05) is 7.05 Å². The van der Waals surface area contributed by atoms with Gasteiger partial charge in [-0.25, -0.2) is 0 Å². The largest absolute Gasteiger partial charge is 0.317 e. The standard InChI is InChI=1S/C8H14N2/c1-10-8-4-2-7(6-9)3-5-8/h7-8,10H,2-5H2,1H3. The molecular formula is C8H14N2. The summed E-state index contributed by atoms with van der Waals surface area (Å²) >= 11 is 0. The first-order valence-electron chi connectivity index (χ1n) is 3.93. The molecule has 10 heavy (non-hydrogen) atoms. The zero-order valence-electron chi connectivity index (χ0n) is 6.43. The Kier molecular flexibility index (Phi) is 2.70. The van der Waals surface area contributed by atoms with Gasteiger partial charge in [-0.05, 0) is 32.7 Å². The molecule has 1 saturated carbocycles. The van der Waals surface area contributed by atoms with E-state index < -0.39 is 0 Å². The Morgan fingerprint density at radius 2 is 1.90 bits per heavy atom. The van der Waals surface area contributed by atoms with Crippen molar-refractivity contribution in [1.82, 2.24) is 5.32 Å². The highest BCUT2D eigenvalue weighted by Gasteiger charge is 2.18. The molecule has 1 N–H and O–H groups in total. The van der Waals surface area contributed by atoms with Gasteiger partial charge in [-0.1, -0.05) is 0 Å². The normalized spacial score (nSPS) is 33.2. The fraction of sp³-hybridized carbons (Fsp3) is 0.875. The Hall–Kier alpha value is -0.550. The predicted molar refractivity (Wildman–Crippen MR) is 40.4 cm³/mol. The number of hydrogen-bond donors (Lipinski definition) is 1. The van der Waals surface area contributed by atoms with Gasteiger partial charge in [0.25, 0.3) is 0 Å². The van der Waals surface area contributed by atoms with Crippen LogP contribution in [0.2, 0.25) is 0 Å². The molecule has 1 rings (SSSR count). The highest BCUT2D eigenvalue weighted by Crippen LogP contribution is 2.22. The molecule has 1 fully saturated rings. The first-order valence-corrected chi connectivity index (χ1v) is 3.93. The van der Waals surface area contributed by atoms with Crippen LogP contribution < -0.4 is 5.32 Å². The average molecular weight is 138 g/mol. The molecule has 0 amide bonds. The highest BCUT2D eigenvalue weighted by atomic mass is 14.9. The first-order chi connectivity index (χ1) is 4.86. The molecular weight excluding hydrogens is 124 g/mol. The van der Waals surface area contributed by atoms with E-state index in [0.29, 0.717) is 12.0 Å². The second-order valence-corrected chi connectivity index (χ2v) is 2.97. The van der Waals surface area contributed by atoms with Gasteiger partial charge in [-0.2, -0.15) is 5.26 Å². The maximum atomic E-state index is 8.58. The molecule has 0 aliphatic heterocycles. The summed E-state index contributed by atoms with van der Waals surface area (Å²) in [5.41, 5.74) is 0. The lowest BCUT2D eigenvalue weighted by Crippen LogP contribution is -2.29. The summed E-state index contributed by atoms with van der Waals surface area (Å²) in [6, 6.07) is 2.99. The van der Waals surface area contributed by atoms with Crippen molar-refractivity contribution in [3.05, 3.63) is 0 Å². The SMILES string of the molecule is CNC1CCC(C#N)CC1. The van der Waals surface area contributed by atoms with E-state index in [1.807, 2.05) is 7.05 Å². The molecule has 2 nitrogen and oxygen atoms in total. The molecule has 0 aromatic heterocycles. The third kappa shape index (κ3) is 1.71. The molecule has 1 aliphatic carbocycles. The number of hydrogen-bond acceptors (Lipinski definition) is 2. The van der Waals surface area contributed by atoms with Gasteiger partial charge in [0, 0.05) is 12.0 Å². The zero-order valence-corrected chi connectivity index (χ0v) is 6.43. The molecule has 2 heteroatoms. The van der Waals surface area contributed by atoms with E-state index in [2.05, 4.69) is 11.4 Å². The van der Waals surface area contributed by atoms with Crippen LogP contribution in [0.3, 0.4) is 0 Å². The molecule has 56 valence electrons. The lowest BCUT2D eigenvalue weighted by Gasteiger charge is -2.23. The predicted octanol–water partition coefficient (Wildman–Crippen LogP) is 1.29. The van der Waals surface area contributed by atoms with E-state index in [0.717, 1.165) is 12.8 Å². The minimum absolute atomic E-state index is 0.338. The third-order valence-corrected chi connectivity index (χ3v) is 2.32. The molecule has 0 saturated heterocycles. The van der Waals surface area contributed by atoms with Crippen LogP contribution in [0, 0.1) is 17.2 Å². The quantitative estimate of drug-likeness (QED) is 0.592. The van der Waals surface area contributed by atoms with E-state index in [1.54, 1.807) is 0 Å². The van der Waals surface area contributed by atoms with Crippen LogP contribution in [0.15, 0.2) is 0 Å². The van der Waals surface area contributed by atoms with E-state index in [4.69, 9.17) is 5.26 Å². The summed E-state index contributed by atoms with van der Waals surface area (Å²) < 4.78 is 0. The zero-order chi connectivity index (χ0) is 7.40. The van der Waals surface area contributed by atoms with Crippen LogP contribution in [0.1, 0.15) is 25.7 Å². The van der Waals surface area contributed by atoms with Gasteiger partial charge in [0.2, 0.25) is 0 Å². The summed E-state index contributed by atoms with van der Waals surface area (Å²) in [6.45, 7) is 0. The van der Waals surface area contributed by atoms with Crippen LogP contribution in [0.25, 0.3) is 0 Å². The van der Waals surface area contributed by atoms with Gasteiger partial charge in [-0.3, -0.25) is 0 Å². The molecule has 0 spiro atoms. The van der Waals surface area contributed by atoms with Crippen molar-refractivity contribution < 1.29 is 0 Å². The van der Waals surface area contributed by atoms with Crippen LogP contribution in [0.4, 0.5) is 0 Å². The van der Waals surface area contributed by atoms with E-state index in [1.165, 1.54) is 12.8 Å². The summed E-state index contributed by atoms with van der Waals surface area (Å²) in [5.74, 6) is 0.338. The van der Waals surface area contributed by atoms with Crippen molar-refractivity contribution in [2.45, 2.75) is 31.7 Å². The average Bonchev–Trinajstić information content (AvgIpc) is 2.05. The molecule has 0 aromatic rings. The van der Waals surface area contributed by atoms with E-state index in [9.17, 15) is 0 Å². The maximum absolute atomic E-state index is 8.58. The molecule has 1 aliphatic rings. The Balaban J connectivity index is 2.25. The fourth-order valence-electron chi connectivity index (χ4n) is 1.51. The minimum Gasteiger partial charge on any atom is -0.317 e. The van der Waals surface area contributed by atoms with Gasteiger partial charge in [0.15, 0.2) is 0 Å². The molecule has 0 unspecified atom stereocenters. The Morgan fingerprint density at radius 1 is 1.30 bits per heavy atom. The smallest absolute Gasteiger partial charge is 0.0655 e. The summed E-state index contributed by atoms with van der Waals surface area (Å²) in [7, 11) is 2.00. The van der Waals surface area contributed by atoms with E-state index >= 15 is 0 Å². The van der Waals surface area contributed by atoms with Gasteiger partial charge in [0.1, 0.15) is 0 Å². The van der Waals surface area contributed by atoms with Gasteiger partial charge < -0.3 is 5.32 Å². The monoisotopic (exact) mass is 138 g/mol. The van der Waals surface area contributed by atoms with Crippen LogP contribution >= 0.6 is 0 Å². The molecule has 0 heterocycles. The van der Waals surface area contributed by atoms with Crippen molar-refractivity contribution in [1.29, 1.82) is 5.26 Å². The Morgan fingerprint density at radius 3 is 2.30 bits per heavy atom. The van der Waals surface area contributed by atoms with Crippen molar-refractivity contribution in [3.8, 4) is 6.07 Å². The summed E-state index contributed by atoms with van der Waals surface area (Å²) in [5, 5.41) is 11.8. The molecule has 0 bridgehead atoms. The van der Waals surface area contributed by atoms with Gasteiger partial charge in [-0.15, -0.1) is 0 Å². The van der Waals surface area contributed by atoms with E-state index in [-0.39, 0.29) is 0 Å². The van der Waals surface area contributed by atoms with Crippen molar-refractivity contribution in [2.24, 2.45) is 5.92 Å². The molecule has 0 radical (unpaired) electrons. The number of nitrogens with zero attached hydrogens (tertiary/aromatic N) is 1. The van der Waals surface area contributed by atoms with Crippen LogP contribution in [-0.4, -0.2) is 13.1 Å². The Labute approximate surface area is 62.2 Å². The summed E-state index contributed by atoms with van der Waals surface area (Å²) in [4.78, 5) is 0. The second-order valence-electron chi connectivity index (χ2n) is 2.97. The third-order valence-electron chi connectivity index (χ3n) is 2.32. The second kappa shape index (κ2) is 3.58. The maximum Gasteiger partial charge on any atom is 0.0655 e. The number of rotatable bonds is 1. The summed E-state index contributed by atoms with van der Waals surface area (Å²) in [6.07, 6.45) is 4.52.